The number of alkyl halides is 3. The molecule has 1 aliphatic heterocycles. The highest BCUT2D eigenvalue weighted by Gasteiger charge is 2.34. The van der Waals surface area contributed by atoms with Gasteiger partial charge >= 0.3 is 6.18 Å². The quantitative estimate of drug-likeness (QED) is 0.590. The molecule has 0 atom stereocenters. The van der Waals surface area contributed by atoms with Gasteiger partial charge in [0.15, 0.2) is 11.5 Å². The largest absolute Gasteiger partial charge is 0.443 e. The Morgan fingerprint density at radius 1 is 1.09 bits per heavy atom. The third-order valence-corrected chi connectivity index (χ3v) is 5.38. The van der Waals surface area contributed by atoms with Crippen LogP contribution in [-0.2, 0) is 12.7 Å². The molecule has 3 aromatic rings. The minimum absolute atomic E-state index is 0.0323. The van der Waals surface area contributed by atoms with Crippen LogP contribution in [-0.4, -0.2) is 58.9 Å². The van der Waals surface area contributed by atoms with E-state index in [0.29, 0.717) is 18.7 Å². The Bertz CT molecular complexity index is 1210. The number of likely N-dealkylation sites (N-methyl/N-ethyl adjacent to an activating group) is 1. The van der Waals surface area contributed by atoms with E-state index >= 15 is 0 Å². The Balaban J connectivity index is 1.46. The lowest BCUT2D eigenvalue weighted by molar-refractivity contribution is -0.138. The van der Waals surface area contributed by atoms with Gasteiger partial charge in [0, 0.05) is 50.8 Å². The topological polar surface area (TPSA) is 74.5 Å². The number of furan rings is 1. The Morgan fingerprint density at radius 2 is 1.82 bits per heavy atom. The van der Waals surface area contributed by atoms with Gasteiger partial charge in [0.1, 0.15) is 6.33 Å². The lowest BCUT2D eigenvalue weighted by atomic mass is 10.0. The van der Waals surface area contributed by atoms with Crippen molar-refractivity contribution < 1.29 is 22.4 Å². The lowest BCUT2D eigenvalue weighted by Gasteiger charge is -2.33. The molecule has 0 saturated carbocycles. The first kappa shape index (κ1) is 23.5. The minimum atomic E-state index is -4.54. The number of nitrogens with one attached hydrogen (secondary N) is 1. The van der Waals surface area contributed by atoms with Crippen LogP contribution in [0.2, 0.25) is 0 Å². The van der Waals surface area contributed by atoms with E-state index in [0.717, 1.165) is 19.2 Å². The molecular weight excluding hydrogens is 447 g/mol. The van der Waals surface area contributed by atoms with Gasteiger partial charge in [-0.25, -0.2) is 9.97 Å². The Hall–Kier alpha value is -3.68. The fraction of sp³-hybridized carbons (Fsp3) is 0.292. The van der Waals surface area contributed by atoms with Crippen molar-refractivity contribution in [1.82, 2.24) is 19.8 Å². The Kier molecular flexibility index (Phi) is 6.95. The highest BCUT2D eigenvalue weighted by Crippen LogP contribution is 2.34. The van der Waals surface area contributed by atoms with Gasteiger partial charge in [0.25, 0.3) is 5.91 Å². The van der Waals surface area contributed by atoms with E-state index in [1.165, 1.54) is 43.0 Å². The maximum atomic E-state index is 13.8. The summed E-state index contributed by atoms with van der Waals surface area (Å²) in [6, 6.07) is 6.76. The summed E-state index contributed by atoms with van der Waals surface area (Å²) in [4.78, 5) is 24.4. The lowest BCUT2D eigenvalue weighted by Crippen LogP contribution is -2.44. The average Bonchev–Trinajstić information content (AvgIpc) is 3.29. The molecule has 1 saturated heterocycles. The van der Waals surface area contributed by atoms with E-state index in [2.05, 4.69) is 32.0 Å². The monoisotopic (exact) mass is 469 g/mol. The zero-order valence-electron chi connectivity index (χ0n) is 18.4. The van der Waals surface area contributed by atoms with Gasteiger partial charge in [0.05, 0.1) is 11.1 Å². The highest BCUT2D eigenvalue weighted by molar-refractivity contribution is 6.02. The number of amides is 1. The first-order valence-electron chi connectivity index (χ1n) is 10.6. The number of rotatable bonds is 4. The normalized spacial score (nSPS) is 14.9. The molecule has 1 amide bonds. The number of anilines is 1. The van der Waals surface area contributed by atoms with E-state index in [-0.39, 0.29) is 29.3 Å². The van der Waals surface area contributed by atoms with Gasteiger partial charge in [-0.05, 0) is 42.8 Å². The summed E-state index contributed by atoms with van der Waals surface area (Å²) in [5, 5.41) is 2.47. The Labute approximate surface area is 194 Å². The van der Waals surface area contributed by atoms with E-state index in [1.807, 2.05) is 11.9 Å². The number of carbonyl (C=O) groups is 1. The zero-order valence-corrected chi connectivity index (χ0v) is 18.4. The number of nitrogens with zero attached hydrogens (tertiary/aromatic N) is 4. The molecule has 1 fully saturated rings. The molecule has 10 heteroatoms. The summed E-state index contributed by atoms with van der Waals surface area (Å²) in [6.45, 7) is 3.22. The second-order valence-electron chi connectivity index (χ2n) is 7.94. The van der Waals surface area contributed by atoms with Gasteiger partial charge in [-0.1, -0.05) is 12.0 Å². The van der Waals surface area contributed by atoms with Crippen LogP contribution >= 0.6 is 0 Å². The zero-order chi connectivity index (χ0) is 24.1. The maximum absolute atomic E-state index is 13.8. The molecule has 7 nitrogen and oxygen atoms in total. The highest BCUT2D eigenvalue weighted by atomic mass is 19.4. The predicted octanol–water partition coefficient (Wildman–Crippen LogP) is 3.49. The van der Waals surface area contributed by atoms with Crippen LogP contribution in [0.25, 0.3) is 0 Å². The molecule has 3 heterocycles. The van der Waals surface area contributed by atoms with Crippen molar-refractivity contribution in [3.63, 3.8) is 0 Å². The molecule has 0 bridgehead atoms. The second kappa shape index (κ2) is 10.1. The number of piperazine rings is 1. The van der Waals surface area contributed by atoms with Gasteiger partial charge in [-0.2, -0.15) is 13.2 Å². The fourth-order valence-electron chi connectivity index (χ4n) is 3.52. The molecule has 1 N–H and O–H groups in total. The summed E-state index contributed by atoms with van der Waals surface area (Å²) in [5.74, 6) is 5.03. The number of hydrogen-bond donors (Lipinski definition) is 1. The van der Waals surface area contributed by atoms with E-state index < -0.39 is 17.6 Å². The molecule has 176 valence electrons. The number of halogens is 3. The summed E-state index contributed by atoms with van der Waals surface area (Å²) < 4.78 is 46.7. The van der Waals surface area contributed by atoms with Crippen LogP contribution in [0.3, 0.4) is 0 Å². The van der Waals surface area contributed by atoms with Crippen LogP contribution in [0.5, 0.6) is 0 Å². The molecule has 2 aromatic heterocycles. The second-order valence-corrected chi connectivity index (χ2v) is 7.94. The standard InChI is InChI=1S/C24H22F3N5O2/c1-31-8-10-32(11-9-31)15-18-3-4-19(12-21(18)24(25,26)27)30-23(33)22-7-6-20(34-22)5-2-17-13-28-16-29-14-17/h3-4,6-7,12-14,16H,8-11,15H2,1H3,(H,30,33). The van der Waals surface area contributed by atoms with Crippen molar-refractivity contribution in [2.45, 2.75) is 12.7 Å². The summed E-state index contributed by atoms with van der Waals surface area (Å²) in [7, 11) is 1.99. The van der Waals surface area contributed by atoms with Crippen molar-refractivity contribution in [3.8, 4) is 11.8 Å². The minimum Gasteiger partial charge on any atom is -0.443 e. The van der Waals surface area contributed by atoms with Crippen molar-refractivity contribution in [1.29, 1.82) is 0 Å². The van der Waals surface area contributed by atoms with Gasteiger partial charge < -0.3 is 14.6 Å². The van der Waals surface area contributed by atoms with Crippen LogP contribution in [0.15, 0.2) is 53.5 Å². The van der Waals surface area contributed by atoms with Crippen molar-refractivity contribution in [3.05, 3.63) is 77.3 Å². The SMILES string of the molecule is CN1CCN(Cc2ccc(NC(=O)c3ccc(C#Cc4cncnc4)o3)cc2C(F)(F)F)CC1. The maximum Gasteiger partial charge on any atom is 0.416 e. The van der Waals surface area contributed by atoms with E-state index in [1.54, 1.807) is 0 Å². The van der Waals surface area contributed by atoms with E-state index in [4.69, 9.17) is 4.42 Å². The molecule has 34 heavy (non-hydrogen) atoms. The molecule has 0 unspecified atom stereocenters. The van der Waals surface area contributed by atoms with E-state index in [9.17, 15) is 18.0 Å². The summed E-state index contributed by atoms with van der Waals surface area (Å²) in [6.07, 6.45) is -0.106. The fourth-order valence-corrected chi connectivity index (χ4v) is 3.52. The van der Waals surface area contributed by atoms with Crippen LogP contribution in [0.1, 0.15) is 33.0 Å². The van der Waals surface area contributed by atoms with Crippen molar-refractivity contribution >= 4 is 11.6 Å². The molecule has 4 rings (SSSR count). The average molecular weight is 469 g/mol. The molecule has 1 aromatic carbocycles. The van der Waals surface area contributed by atoms with Crippen molar-refractivity contribution in [2.75, 3.05) is 38.5 Å². The third kappa shape index (κ3) is 6.01. The summed E-state index contributed by atoms with van der Waals surface area (Å²) in [5.41, 5.74) is 0.0157. The van der Waals surface area contributed by atoms with Crippen molar-refractivity contribution in [2.24, 2.45) is 0 Å². The van der Waals surface area contributed by atoms with Gasteiger partial charge in [0.2, 0.25) is 0 Å². The molecule has 0 radical (unpaired) electrons. The number of benzene rings is 1. The van der Waals surface area contributed by atoms with Crippen LogP contribution in [0.4, 0.5) is 18.9 Å². The van der Waals surface area contributed by atoms with Gasteiger partial charge in [-0.3, -0.25) is 9.69 Å². The van der Waals surface area contributed by atoms with Crippen LogP contribution < -0.4 is 5.32 Å². The molecule has 0 aliphatic carbocycles. The summed E-state index contributed by atoms with van der Waals surface area (Å²) >= 11 is 0. The molecule has 0 spiro atoms. The molecule has 1 aliphatic rings. The Morgan fingerprint density at radius 3 is 2.53 bits per heavy atom. The third-order valence-electron chi connectivity index (χ3n) is 5.38. The van der Waals surface area contributed by atoms with Crippen LogP contribution in [0, 0.1) is 11.8 Å². The number of aromatic nitrogens is 2. The van der Waals surface area contributed by atoms with Gasteiger partial charge in [-0.15, -0.1) is 0 Å². The first-order valence-corrected chi connectivity index (χ1v) is 10.6. The number of carbonyl (C=O) groups excluding carboxylic acids is 1. The predicted molar refractivity (Wildman–Crippen MR) is 119 cm³/mol. The smallest absolute Gasteiger partial charge is 0.416 e. The first-order chi connectivity index (χ1) is 16.3. The number of hydrogen-bond acceptors (Lipinski definition) is 6. The molecular formula is C24H22F3N5O2.